The van der Waals surface area contributed by atoms with Crippen molar-refractivity contribution in [2.45, 2.75) is 25.3 Å². The van der Waals surface area contributed by atoms with Crippen molar-refractivity contribution in [2.75, 3.05) is 6.61 Å². The summed E-state index contributed by atoms with van der Waals surface area (Å²) in [5.74, 6) is 2.24. The molecule has 5 heteroatoms. The number of para-hydroxylation sites is 1. The summed E-state index contributed by atoms with van der Waals surface area (Å²) < 4.78 is 7.54. The predicted molar refractivity (Wildman–Crippen MR) is 83.4 cm³/mol. The van der Waals surface area contributed by atoms with Crippen LogP contribution in [-0.2, 0) is 11.8 Å². The van der Waals surface area contributed by atoms with Gasteiger partial charge in [0.1, 0.15) is 11.6 Å². The van der Waals surface area contributed by atoms with Crippen molar-refractivity contribution >= 4 is 5.91 Å². The van der Waals surface area contributed by atoms with E-state index in [4.69, 9.17) is 4.74 Å². The SMILES string of the molecule is Cn1ccnc1[C@@H](NC(=O)CCOc1ccccc1)C1CC1. The number of imidazole rings is 1. The van der Waals surface area contributed by atoms with E-state index < -0.39 is 0 Å². The van der Waals surface area contributed by atoms with Crippen molar-refractivity contribution in [3.05, 3.63) is 48.5 Å². The molecule has 1 atom stereocenters. The van der Waals surface area contributed by atoms with Crippen molar-refractivity contribution in [1.82, 2.24) is 14.9 Å². The lowest BCUT2D eigenvalue weighted by Crippen LogP contribution is -2.32. The van der Waals surface area contributed by atoms with Crippen molar-refractivity contribution in [1.29, 1.82) is 0 Å². The lowest BCUT2D eigenvalue weighted by Gasteiger charge is -2.18. The molecule has 1 aliphatic carbocycles. The quantitative estimate of drug-likeness (QED) is 0.854. The highest BCUT2D eigenvalue weighted by atomic mass is 16.5. The molecule has 0 spiro atoms. The smallest absolute Gasteiger partial charge is 0.224 e. The van der Waals surface area contributed by atoms with Crippen molar-refractivity contribution < 1.29 is 9.53 Å². The van der Waals surface area contributed by atoms with E-state index in [9.17, 15) is 4.79 Å². The summed E-state index contributed by atoms with van der Waals surface area (Å²) in [6.45, 7) is 0.383. The summed E-state index contributed by atoms with van der Waals surface area (Å²) in [6.07, 6.45) is 6.34. The van der Waals surface area contributed by atoms with Gasteiger partial charge >= 0.3 is 0 Å². The second-order valence-corrected chi connectivity index (χ2v) is 5.69. The maximum Gasteiger partial charge on any atom is 0.224 e. The number of benzene rings is 1. The predicted octanol–water partition coefficient (Wildman–Crippen LogP) is 2.46. The van der Waals surface area contributed by atoms with Crippen LogP contribution in [0.25, 0.3) is 0 Å². The van der Waals surface area contributed by atoms with Crippen LogP contribution in [0.4, 0.5) is 0 Å². The minimum atomic E-state index is 0.0100. The molecule has 1 amide bonds. The monoisotopic (exact) mass is 299 g/mol. The molecule has 0 radical (unpaired) electrons. The average molecular weight is 299 g/mol. The second-order valence-electron chi connectivity index (χ2n) is 5.69. The van der Waals surface area contributed by atoms with Crippen molar-refractivity contribution in [2.24, 2.45) is 13.0 Å². The Morgan fingerprint density at radius 1 is 1.41 bits per heavy atom. The second kappa shape index (κ2) is 6.64. The van der Waals surface area contributed by atoms with Crippen LogP contribution in [0.15, 0.2) is 42.7 Å². The van der Waals surface area contributed by atoms with E-state index >= 15 is 0 Å². The molecule has 1 N–H and O–H groups in total. The number of carbonyl (C=O) groups excluding carboxylic acids is 1. The number of carbonyl (C=O) groups is 1. The molecule has 22 heavy (non-hydrogen) atoms. The van der Waals surface area contributed by atoms with E-state index in [0.717, 1.165) is 24.4 Å². The summed E-state index contributed by atoms with van der Waals surface area (Å²) >= 11 is 0. The van der Waals surface area contributed by atoms with Crippen LogP contribution in [0.1, 0.15) is 31.1 Å². The van der Waals surface area contributed by atoms with Gasteiger partial charge in [-0.2, -0.15) is 0 Å². The number of nitrogens with one attached hydrogen (secondary N) is 1. The van der Waals surface area contributed by atoms with Crippen LogP contribution in [0, 0.1) is 5.92 Å². The Morgan fingerprint density at radius 3 is 2.82 bits per heavy atom. The summed E-state index contributed by atoms with van der Waals surface area (Å²) in [6, 6.07) is 9.56. The number of hydrogen-bond donors (Lipinski definition) is 1. The first-order valence-electron chi connectivity index (χ1n) is 7.68. The van der Waals surface area contributed by atoms with Gasteiger partial charge in [0, 0.05) is 19.4 Å². The summed E-state index contributed by atoms with van der Waals surface area (Å²) in [5.41, 5.74) is 0. The fraction of sp³-hybridized carbons (Fsp3) is 0.412. The highest BCUT2D eigenvalue weighted by Crippen LogP contribution is 2.40. The Balaban J connectivity index is 1.51. The fourth-order valence-corrected chi connectivity index (χ4v) is 2.52. The van der Waals surface area contributed by atoms with Gasteiger partial charge < -0.3 is 14.6 Å². The molecule has 1 aromatic heterocycles. The van der Waals surface area contributed by atoms with Crippen LogP contribution >= 0.6 is 0 Å². The third kappa shape index (κ3) is 3.67. The molecule has 1 aromatic carbocycles. The third-order valence-corrected chi connectivity index (χ3v) is 3.89. The van der Waals surface area contributed by atoms with Crippen LogP contribution in [0.2, 0.25) is 0 Å². The molecule has 1 saturated carbocycles. The largest absolute Gasteiger partial charge is 0.493 e. The molecule has 0 bridgehead atoms. The van der Waals surface area contributed by atoms with Gasteiger partial charge in [-0.15, -0.1) is 0 Å². The van der Waals surface area contributed by atoms with Gasteiger partial charge in [0.15, 0.2) is 0 Å². The minimum Gasteiger partial charge on any atom is -0.493 e. The average Bonchev–Trinajstić information content (AvgIpc) is 3.28. The molecule has 1 fully saturated rings. The molecule has 3 rings (SSSR count). The number of ether oxygens (including phenoxy) is 1. The van der Waals surface area contributed by atoms with Gasteiger partial charge in [0.2, 0.25) is 5.91 Å². The van der Waals surface area contributed by atoms with Gasteiger partial charge in [0.05, 0.1) is 19.1 Å². The van der Waals surface area contributed by atoms with Gasteiger partial charge in [-0.25, -0.2) is 4.98 Å². The molecule has 0 unspecified atom stereocenters. The van der Waals surface area contributed by atoms with Crippen LogP contribution in [0.3, 0.4) is 0 Å². The van der Waals surface area contributed by atoms with Crippen molar-refractivity contribution in [3.63, 3.8) is 0 Å². The van der Waals surface area contributed by atoms with E-state index in [0.29, 0.717) is 18.9 Å². The van der Waals surface area contributed by atoms with Crippen LogP contribution < -0.4 is 10.1 Å². The third-order valence-electron chi connectivity index (χ3n) is 3.89. The highest BCUT2D eigenvalue weighted by Gasteiger charge is 2.35. The number of aromatic nitrogens is 2. The standard InChI is InChI=1S/C17H21N3O2/c1-20-11-10-18-17(20)16(13-7-8-13)19-15(21)9-12-22-14-5-3-2-4-6-14/h2-6,10-11,13,16H,7-9,12H2,1H3,(H,19,21)/t16-/m0/s1. The summed E-state index contributed by atoms with van der Waals surface area (Å²) in [7, 11) is 1.96. The first kappa shape index (κ1) is 14.6. The normalized spacial score (nSPS) is 15.3. The first-order chi connectivity index (χ1) is 10.7. The Hall–Kier alpha value is -2.30. The lowest BCUT2D eigenvalue weighted by molar-refractivity contribution is -0.122. The molecule has 1 aliphatic rings. The number of nitrogens with zero attached hydrogens (tertiary/aromatic N) is 2. The zero-order chi connectivity index (χ0) is 15.4. The van der Waals surface area contributed by atoms with E-state index in [1.807, 2.05) is 48.1 Å². The van der Waals surface area contributed by atoms with E-state index in [2.05, 4.69) is 10.3 Å². The number of hydrogen-bond acceptors (Lipinski definition) is 3. The molecule has 0 aliphatic heterocycles. The molecule has 2 aromatic rings. The Morgan fingerprint density at radius 2 is 2.18 bits per heavy atom. The van der Waals surface area contributed by atoms with Crippen molar-refractivity contribution in [3.8, 4) is 5.75 Å². The lowest BCUT2D eigenvalue weighted by atomic mass is 10.1. The fourth-order valence-electron chi connectivity index (χ4n) is 2.52. The maximum atomic E-state index is 12.2. The van der Waals surface area contributed by atoms with E-state index in [1.165, 1.54) is 0 Å². The Bertz CT molecular complexity index is 620. The number of aryl methyl sites for hydroxylation is 1. The zero-order valence-corrected chi connectivity index (χ0v) is 12.7. The molecular weight excluding hydrogens is 278 g/mol. The van der Waals surface area contributed by atoms with Crippen LogP contribution in [0.5, 0.6) is 5.75 Å². The molecular formula is C17H21N3O2. The van der Waals surface area contributed by atoms with E-state index in [1.54, 1.807) is 6.20 Å². The van der Waals surface area contributed by atoms with Gasteiger partial charge in [-0.3, -0.25) is 4.79 Å². The minimum absolute atomic E-state index is 0.0100. The molecule has 1 heterocycles. The van der Waals surface area contributed by atoms with E-state index in [-0.39, 0.29) is 11.9 Å². The van der Waals surface area contributed by atoms with Gasteiger partial charge in [-0.05, 0) is 30.9 Å². The molecule has 116 valence electrons. The van der Waals surface area contributed by atoms with Crippen LogP contribution in [-0.4, -0.2) is 22.1 Å². The highest BCUT2D eigenvalue weighted by molar-refractivity contribution is 5.76. The summed E-state index contributed by atoms with van der Waals surface area (Å²) in [5, 5.41) is 3.11. The van der Waals surface area contributed by atoms with Gasteiger partial charge in [-0.1, -0.05) is 18.2 Å². The number of amides is 1. The molecule has 5 nitrogen and oxygen atoms in total. The number of rotatable bonds is 7. The maximum absolute atomic E-state index is 12.2. The van der Waals surface area contributed by atoms with Gasteiger partial charge in [0.25, 0.3) is 0 Å². The zero-order valence-electron chi connectivity index (χ0n) is 12.7. The summed E-state index contributed by atoms with van der Waals surface area (Å²) in [4.78, 5) is 16.5. The Kier molecular flexibility index (Phi) is 4.42. The Labute approximate surface area is 130 Å². The molecule has 0 saturated heterocycles. The first-order valence-corrected chi connectivity index (χ1v) is 7.68. The topological polar surface area (TPSA) is 56.2 Å².